The van der Waals surface area contributed by atoms with Crippen LogP contribution in [-0.4, -0.2) is 51.2 Å². The summed E-state index contributed by atoms with van der Waals surface area (Å²) in [6.45, 7) is 15.3. The zero-order valence-electron chi connectivity index (χ0n) is 19.4. The average Bonchev–Trinajstić information content (AvgIpc) is 2.63. The standard InChI is InChI=1S/C23H40O5Si/c1-17(22(26-6)16-27-15-19-12-10-9-11-13-19)21(14-20(25)18(2)24)28-29(7,8)23(3,4)5/h9-13,17,20-22,25H,14-16H2,1-8H3/t17-,20-,21-,22-/m0/s1. The van der Waals surface area contributed by atoms with Gasteiger partial charge in [0.2, 0.25) is 0 Å². The fourth-order valence-electron chi connectivity index (χ4n) is 2.85. The lowest BCUT2D eigenvalue weighted by Crippen LogP contribution is -2.49. The lowest BCUT2D eigenvalue weighted by atomic mass is 9.93. The van der Waals surface area contributed by atoms with Crippen molar-refractivity contribution in [2.45, 2.75) is 84.1 Å². The molecule has 0 unspecified atom stereocenters. The van der Waals surface area contributed by atoms with Gasteiger partial charge in [-0.15, -0.1) is 0 Å². The molecular formula is C23H40O5Si. The first kappa shape index (κ1) is 26.0. The second kappa shape index (κ2) is 11.4. The van der Waals surface area contributed by atoms with E-state index in [4.69, 9.17) is 13.9 Å². The van der Waals surface area contributed by atoms with Crippen LogP contribution in [0.5, 0.6) is 0 Å². The van der Waals surface area contributed by atoms with E-state index in [2.05, 4.69) is 33.9 Å². The van der Waals surface area contributed by atoms with Crippen molar-refractivity contribution >= 4 is 14.1 Å². The highest BCUT2D eigenvalue weighted by atomic mass is 28.4. The molecule has 1 aromatic carbocycles. The Hall–Kier alpha value is -1.05. The van der Waals surface area contributed by atoms with E-state index in [1.54, 1.807) is 7.11 Å². The molecule has 0 aromatic heterocycles. The van der Waals surface area contributed by atoms with Crippen LogP contribution in [-0.2, 0) is 25.3 Å². The molecule has 0 bridgehead atoms. The Bertz CT molecular complexity index is 611. The average molecular weight is 425 g/mol. The number of rotatable bonds is 12. The topological polar surface area (TPSA) is 65.0 Å². The SMILES string of the molecule is CO[C@@H](COCc1ccccc1)[C@@H](C)[C@H](C[C@H](O)C(C)=O)O[Si](C)(C)C(C)(C)C. The smallest absolute Gasteiger partial charge is 0.192 e. The molecule has 0 aliphatic carbocycles. The van der Waals surface area contributed by atoms with Crippen LogP contribution < -0.4 is 0 Å². The van der Waals surface area contributed by atoms with Crippen LogP contribution in [0.1, 0.15) is 46.6 Å². The van der Waals surface area contributed by atoms with E-state index in [9.17, 15) is 9.90 Å². The number of Topliss-reactive ketones (excluding diaryl/α,β-unsaturated/α-hetero) is 1. The molecule has 0 fully saturated rings. The van der Waals surface area contributed by atoms with E-state index in [1.165, 1.54) is 6.92 Å². The quantitative estimate of drug-likeness (QED) is 0.497. The Morgan fingerprint density at radius 3 is 2.21 bits per heavy atom. The molecule has 0 heterocycles. The molecule has 1 rings (SSSR count). The Labute approximate surface area is 177 Å². The van der Waals surface area contributed by atoms with Crippen molar-refractivity contribution in [2.75, 3.05) is 13.7 Å². The highest BCUT2D eigenvalue weighted by Gasteiger charge is 2.42. The molecule has 4 atom stereocenters. The summed E-state index contributed by atoms with van der Waals surface area (Å²) in [7, 11) is -0.429. The molecule has 0 radical (unpaired) electrons. The summed E-state index contributed by atoms with van der Waals surface area (Å²) in [6, 6.07) is 10.0. The summed E-state index contributed by atoms with van der Waals surface area (Å²) < 4.78 is 18.2. The van der Waals surface area contributed by atoms with Gasteiger partial charge in [-0.1, -0.05) is 58.0 Å². The summed E-state index contributed by atoms with van der Waals surface area (Å²) in [6.07, 6.45) is -1.26. The largest absolute Gasteiger partial charge is 0.413 e. The van der Waals surface area contributed by atoms with Crippen LogP contribution in [0.4, 0.5) is 0 Å². The summed E-state index contributed by atoms with van der Waals surface area (Å²) in [4.78, 5) is 11.7. The fourth-order valence-corrected chi connectivity index (χ4v) is 4.27. The maximum atomic E-state index is 11.7. The molecule has 0 saturated carbocycles. The van der Waals surface area contributed by atoms with E-state index in [0.717, 1.165) is 5.56 Å². The second-order valence-electron chi connectivity index (χ2n) is 9.41. The van der Waals surface area contributed by atoms with Gasteiger partial charge in [0.15, 0.2) is 14.1 Å². The number of carbonyl (C=O) groups is 1. The van der Waals surface area contributed by atoms with Crippen LogP contribution in [0, 0.1) is 5.92 Å². The van der Waals surface area contributed by atoms with E-state index < -0.39 is 14.4 Å². The van der Waals surface area contributed by atoms with Crippen LogP contribution >= 0.6 is 0 Å². The van der Waals surface area contributed by atoms with Gasteiger partial charge in [0.1, 0.15) is 6.10 Å². The van der Waals surface area contributed by atoms with Crippen LogP contribution in [0.3, 0.4) is 0 Å². The number of aliphatic hydroxyl groups is 1. The Balaban J connectivity index is 2.87. The van der Waals surface area contributed by atoms with Crippen LogP contribution in [0.2, 0.25) is 18.1 Å². The molecule has 0 amide bonds. The number of ketones is 1. The second-order valence-corrected chi connectivity index (χ2v) is 14.2. The van der Waals surface area contributed by atoms with Crippen LogP contribution in [0.15, 0.2) is 30.3 Å². The number of aliphatic hydroxyl groups excluding tert-OH is 1. The zero-order valence-corrected chi connectivity index (χ0v) is 20.4. The molecule has 0 aliphatic rings. The van der Waals surface area contributed by atoms with Gasteiger partial charge in [-0.25, -0.2) is 0 Å². The van der Waals surface area contributed by atoms with Gasteiger partial charge in [-0.2, -0.15) is 0 Å². The van der Waals surface area contributed by atoms with Gasteiger partial charge in [-0.05, 0) is 30.6 Å². The third kappa shape index (κ3) is 8.30. The van der Waals surface area contributed by atoms with Gasteiger partial charge in [0, 0.05) is 19.4 Å². The third-order valence-electron chi connectivity index (χ3n) is 6.05. The monoisotopic (exact) mass is 424 g/mol. The maximum Gasteiger partial charge on any atom is 0.192 e. The predicted molar refractivity (Wildman–Crippen MR) is 119 cm³/mol. The normalized spacial score (nSPS) is 16.9. The highest BCUT2D eigenvalue weighted by Crippen LogP contribution is 2.39. The third-order valence-corrected chi connectivity index (χ3v) is 10.6. The summed E-state index contributed by atoms with van der Waals surface area (Å²) >= 11 is 0. The van der Waals surface area contributed by atoms with Gasteiger partial charge < -0.3 is 19.0 Å². The van der Waals surface area contributed by atoms with Gasteiger partial charge >= 0.3 is 0 Å². The fraction of sp³-hybridized carbons (Fsp3) is 0.696. The van der Waals surface area contributed by atoms with Crippen molar-refractivity contribution in [3.63, 3.8) is 0 Å². The minimum atomic E-state index is -2.09. The molecular weight excluding hydrogens is 384 g/mol. The van der Waals surface area contributed by atoms with Crippen molar-refractivity contribution < 1.29 is 23.8 Å². The number of benzene rings is 1. The van der Waals surface area contributed by atoms with Crippen LogP contribution in [0.25, 0.3) is 0 Å². The molecule has 29 heavy (non-hydrogen) atoms. The van der Waals surface area contributed by atoms with E-state index in [-0.39, 0.29) is 35.4 Å². The highest BCUT2D eigenvalue weighted by molar-refractivity contribution is 6.74. The molecule has 0 aliphatic heterocycles. The van der Waals surface area contributed by atoms with Crippen molar-refractivity contribution in [1.82, 2.24) is 0 Å². The molecule has 166 valence electrons. The molecule has 6 heteroatoms. The first-order valence-corrected chi connectivity index (χ1v) is 13.3. The molecule has 0 spiro atoms. The van der Waals surface area contributed by atoms with Crippen molar-refractivity contribution in [3.8, 4) is 0 Å². The Kier molecular flexibility index (Phi) is 10.2. The number of hydrogen-bond acceptors (Lipinski definition) is 5. The maximum absolute atomic E-state index is 11.7. The number of methoxy groups -OCH3 is 1. The minimum Gasteiger partial charge on any atom is -0.413 e. The lowest BCUT2D eigenvalue weighted by molar-refractivity contribution is -0.127. The van der Waals surface area contributed by atoms with Gasteiger partial charge in [0.25, 0.3) is 0 Å². The molecule has 5 nitrogen and oxygen atoms in total. The van der Waals surface area contributed by atoms with Gasteiger partial charge in [-0.3, -0.25) is 4.79 Å². The van der Waals surface area contributed by atoms with E-state index in [0.29, 0.717) is 13.2 Å². The van der Waals surface area contributed by atoms with Gasteiger partial charge in [0.05, 0.1) is 25.4 Å². The molecule has 1 aromatic rings. The minimum absolute atomic E-state index is 0.0263. The van der Waals surface area contributed by atoms with E-state index in [1.807, 2.05) is 37.3 Å². The number of carbonyl (C=O) groups excluding carboxylic acids is 1. The summed E-state index contributed by atoms with van der Waals surface area (Å²) in [5, 5.41) is 10.3. The van der Waals surface area contributed by atoms with Crippen molar-refractivity contribution in [2.24, 2.45) is 5.92 Å². The zero-order chi connectivity index (χ0) is 22.2. The summed E-state index contributed by atoms with van der Waals surface area (Å²) in [5.41, 5.74) is 1.11. The first-order valence-electron chi connectivity index (χ1n) is 10.4. The first-order chi connectivity index (χ1) is 13.4. The lowest BCUT2D eigenvalue weighted by Gasteiger charge is -2.42. The Morgan fingerprint density at radius 2 is 1.72 bits per heavy atom. The Morgan fingerprint density at radius 1 is 1.14 bits per heavy atom. The predicted octanol–water partition coefficient (Wildman–Crippen LogP) is 4.58. The molecule has 0 saturated heterocycles. The van der Waals surface area contributed by atoms with Crippen molar-refractivity contribution in [1.29, 1.82) is 0 Å². The number of ether oxygens (including phenoxy) is 2. The number of hydrogen-bond donors (Lipinski definition) is 1. The summed E-state index contributed by atoms with van der Waals surface area (Å²) in [5.74, 6) is -0.283. The van der Waals surface area contributed by atoms with E-state index >= 15 is 0 Å². The molecule has 1 N–H and O–H groups in total. The van der Waals surface area contributed by atoms with Crippen molar-refractivity contribution in [3.05, 3.63) is 35.9 Å².